The minimum absolute atomic E-state index is 0.441. The Bertz CT molecular complexity index is 302. The molecule has 0 bridgehead atoms. The highest BCUT2D eigenvalue weighted by molar-refractivity contribution is 6.30. The molecule has 1 unspecified atom stereocenters. The average molecular weight is 214 g/mol. The number of aryl methyl sites for hydroxylation is 1. The summed E-state index contributed by atoms with van der Waals surface area (Å²) in [5.41, 5.74) is 1.15. The van der Waals surface area contributed by atoms with E-state index in [1.165, 1.54) is 12.8 Å². The molecule has 1 N–H and O–H groups in total. The molecule has 0 aromatic carbocycles. The molecule has 4 heteroatoms. The second-order valence-corrected chi connectivity index (χ2v) is 4.12. The zero-order valence-corrected chi connectivity index (χ0v) is 9.22. The summed E-state index contributed by atoms with van der Waals surface area (Å²) in [6, 6.07) is 0.441. The molecule has 1 aliphatic heterocycles. The molecule has 1 saturated heterocycles. The van der Waals surface area contributed by atoms with Crippen molar-refractivity contribution in [1.29, 1.82) is 0 Å². The standard InChI is InChI=1S/C10H16ClN3/c1-2-8-6-13-14(10(8)11)9-4-3-5-12-7-9/h6,9,12H,2-5,7H2,1H3. The highest BCUT2D eigenvalue weighted by Crippen LogP contribution is 2.24. The number of rotatable bonds is 2. The van der Waals surface area contributed by atoms with Crippen molar-refractivity contribution in [3.8, 4) is 0 Å². The van der Waals surface area contributed by atoms with Crippen molar-refractivity contribution < 1.29 is 0 Å². The van der Waals surface area contributed by atoms with Gasteiger partial charge in [0.2, 0.25) is 0 Å². The van der Waals surface area contributed by atoms with Crippen molar-refractivity contribution in [3.05, 3.63) is 16.9 Å². The maximum atomic E-state index is 6.23. The summed E-state index contributed by atoms with van der Waals surface area (Å²) in [6.07, 6.45) is 5.23. The Labute approximate surface area is 89.4 Å². The third-order valence-corrected chi connectivity index (χ3v) is 3.22. The lowest BCUT2D eigenvalue weighted by Gasteiger charge is -2.23. The van der Waals surface area contributed by atoms with Crippen LogP contribution in [-0.4, -0.2) is 22.9 Å². The molecule has 2 rings (SSSR count). The van der Waals surface area contributed by atoms with Crippen LogP contribution in [0, 0.1) is 0 Å². The number of halogens is 1. The molecular formula is C10H16ClN3. The fourth-order valence-electron chi connectivity index (χ4n) is 1.92. The monoisotopic (exact) mass is 213 g/mol. The summed E-state index contributed by atoms with van der Waals surface area (Å²) in [5, 5.41) is 8.54. The minimum atomic E-state index is 0.441. The van der Waals surface area contributed by atoms with Crippen molar-refractivity contribution in [3.63, 3.8) is 0 Å². The summed E-state index contributed by atoms with van der Waals surface area (Å²) >= 11 is 6.23. The van der Waals surface area contributed by atoms with E-state index in [1.54, 1.807) is 0 Å². The first-order chi connectivity index (χ1) is 6.83. The molecule has 2 heterocycles. The molecule has 0 aliphatic carbocycles. The zero-order valence-electron chi connectivity index (χ0n) is 8.46. The van der Waals surface area contributed by atoms with E-state index in [1.807, 2.05) is 10.9 Å². The van der Waals surface area contributed by atoms with Crippen LogP contribution in [0.3, 0.4) is 0 Å². The summed E-state index contributed by atoms with van der Waals surface area (Å²) in [4.78, 5) is 0. The SMILES string of the molecule is CCc1cnn(C2CCCNC2)c1Cl. The fraction of sp³-hybridized carbons (Fsp3) is 0.700. The zero-order chi connectivity index (χ0) is 9.97. The van der Waals surface area contributed by atoms with Crippen LogP contribution in [0.4, 0.5) is 0 Å². The molecule has 1 fully saturated rings. The van der Waals surface area contributed by atoms with Crippen LogP contribution in [-0.2, 0) is 6.42 Å². The maximum Gasteiger partial charge on any atom is 0.130 e. The van der Waals surface area contributed by atoms with Gasteiger partial charge < -0.3 is 5.32 Å². The lowest BCUT2D eigenvalue weighted by molar-refractivity contribution is 0.347. The highest BCUT2D eigenvalue weighted by atomic mass is 35.5. The van der Waals surface area contributed by atoms with Gasteiger partial charge in [0.15, 0.2) is 0 Å². The third kappa shape index (κ3) is 1.79. The molecule has 1 aliphatic rings. The Hall–Kier alpha value is -0.540. The van der Waals surface area contributed by atoms with Crippen molar-refractivity contribution in [2.75, 3.05) is 13.1 Å². The van der Waals surface area contributed by atoms with Gasteiger partial charge in [-0.05, 0) is 25.8 Å². The Morgan fingerprint density at radius 1 is 1.71 bits per heavy atom. The smallest absolute Gasteiger partial charge is 0.130 e. The van der Waals surface area contributed by atoms with Crippen molar-refractivity contribution in [1.82, 2.24) is 15.1 Å². The van der Waals surface area contributed by atoms with Gasteiger partial charge >= 0.3 is 0 Å². The largest absolute Gasteiger partial charge is 0.315 e. The average Bonchev–Trinajstić information content (AvgIpc) is 2.61. The number of hydrogen-bond donors (Lipinski definition) is 1. The first-order valence-corrected chi connectivity index (χ1v) is 5.63. The Balaban J connectivity index is 2.18. The molecular weight excluding hydrogens is 198 g/mol. The summed E-state index contributed by atoms with van der Waals surface area (Å²) in [6.45, 7) is 4.22. The van der Waals surface area contributed by atoms with E-state index in [9.17, 15) is 0 Å². The van der Waals surface area contributed by atoms with Crippen LogP contribution in [0.2, 0.25) is 5.15 Å². The van der Waals surface area contributed by atoms with Crippen molar-refractivity contribution in [2.24, 2.45) is 0 Å². The molecule has 1 aromatic rings. The maximum absolute atomic E-state index is 6.23. The molecule has 78 valence electrons. The quantitative estimate of drug-likeness (QED) is 0.815. The predicted molar refractivity (Wildman–Crippen MR) is 57.8 cm³/mol. The minimum Gasteiger partial charge on any atom is -0.315 e. The van der Waals surface area contributed by atoms with Gasteiger partial charge in [0.1, 0.15) is 5.15 Å². The summed E-state index contributed by atoms with van der Waals surface area (Å²) < 4.78 is 1.96. The second-order valence-electron chi connectivity index (χ2n) is 3.76. The first kappa shape index (κ1) is 9.99. The number of hydrogen-bond acceptors (Lipinski definition) is 2. The van der Waals surface area contributed by atoms with Gasteiger partial charge in [-0.1, -0.05) is 18.5 Å². The van der Waals surface area contributed by atoms with E-state index in [0.717, 1.165) is 30.2 Å². The molecule has 1 atom stereocenters. The van der Waals surface area contributed by atoms with Crippen molar-refractivity contribution in [2.45, 2.75) is 32.2 Å². The van der Waals surface area contributed by atoms with Crippen LogP contribution in [0.25, 0.3) is 0 Å². The van der Waals surface area contributed by atoms with Crippen LogP contribution in [0.5, 0.6) is 0 Å². The number of nitrogens with zero attached hydrogens (tertiary/aromatic N) is 2. The predicted octanol–water partition coefficient (Wildman–Crippen LogP) is 2.02. The number of piperidine rings is 1. The van der Waals surface area contributed by atoms with E-state index in [4.69, 9.17) is 11.6 Å². The molecule has 1 aromatic heterocycles. The van der Waals surface area contributed by atoms with Gasteiger partial charge in [-0.3, -0.25) is 0 Å². The normalized spacial score (nSPS) is 22.6. The second kappa shape index (κ2) is 4.32. The Morgan fingerprint density at radius 3 is 3.14 bits per heavy atom. The molecule has 0 radical (unpaired) electrons. The lowest BCUT2D eigenvalue weighted by atomic mass is 10.1. The first-order valence-electron chi connectivity index (χ1n) is 5.25. The Kier molecular flexibility index (Phi) is 3.08. The topological polar surface area (TPSA) is 29.9 Å². The van der Waals surface area contributed by atoms with Gasteiger partial charge in [0, 0.05) is 12.1 Å². The summed E-state index contributed by atoms with van der Waals surface area (Å²) in [7, 11) is 0. The highest BCUT2D eigenvalue weighted by Gasteiger charge is 2.18. The lowest BCUT2D eigenvalue weighted by Crippen LogP contribution is -2.32. The van der Waals surface area contributed by atoms with E-state index in [0.29, 0.717) is 6.04 Å². The van der Waals surface area contributed by atoms with Gasteiger partial charge in [0.25, 0.3) is 0 Å². The number of aromatic nitrogens is 2. The van der Waals surface area contributed by atoms with Gasteiger partial charge in [0.05, 0.1) is 12.2 Å². The van der Waals surface area contributed by atoms with Crippen LogP contribution >= 0.6 is 11.6 Å². The molecule has 14 heavy (non-hydrogen) atoms. The van der Waals surface area contributed by atoms with Gasteiger partial charge in [-0.2, -0.15) is 5.10 Å². The van der Waals surface area contributed by atoms with E-state index in [2.05, 4.69) is 17.3 Å². The number of nitrogens with one attached hydrogen (secondary N) is 1. The molecule has 0 spiro atoms. The third-order valence-electron chi connectivity index (χ3n) is 2.80. The van der Waals surface area contributed by atoms with Gasteiger partial charge in [-0.15, -0.1) is 0 Å². The van der Waals surface area contributed by atoms with Crippen LogP contribution in [0.1, 0.15) is 31.4 Å². The van der Waals surface area contributed by atoms with Gasteiger partial charge in [-0.25, -0.2) is 4.68 Å². The van der Waals surface area contributed by atoms with E-state index in [-0.39, 0.29) is 0 Å². The van der Waals surface area contributed by atoms with Crippen molar-refractivity contribution >= 4 is 11.6 Å². The van der Waals surface area contributed by atoms with E-state index < -0.39 is 0 Å². The Morgan fingerprint density at radius 2 is 2.57 bits per heavy atom. The fourth-order valence-corrected chi connectivity index (χ4v) is 2.28. The molecule has 0 saturated carbocycles. The summed E-state index contributed by atoms with van der Waals surface area (Å²) in [5.74, 6) is 0. The van der Waals surface area contributed by atoms with Crippen LogP contribution in [0.15, 0.2) is 6.20 Å². The van der Waals surface area contributed by atoms with Crippen LogP contribution < -0.4 is 5.32 Å². The molecule has 3 nitrogen and oxygen atoms in total. The van der Waals surface area contributed by atoms with E-state index >= 15 is 0 Å². The molecule has 0 amide bonds.